The predicted octanol–water partition coefficient (Wildman–Crippen LogP) is 2.52. The van der Waals surface area contributed by atoms with Gasteiger partial charge in [0.2, 0.25) is 0 Å². The van der Waals surface area contributed by atoms with E-state index in [4.69, 9.17) is 0 Å². The van der Waals surface area contributed by atoms with Crippen molar-refractivity contribution in [3.05, 3.63) is 29.3 Å². The van der Waals surface area contributed by atoms with Gasteiger partial charge >= 0.3 is 0 Å². The first-order valence-corrected chi connectivity index (χ1v) is 4.18. The summed E-state index contributed by atoms with van der Waals surface area (Å²) in [6, 6.07) is 6.00. The van der Waals surface area contributed by atoms with Crippen LogP contribution in [-0.2, 0) is 0 Å². The molecule has 2 nitrogen and oxygen atoms in total. The summed E-state index contributed by atoms with van der Waals surface area (Å²) in [7, 11) is 0. The molecule has 0 aliphatic carbocycles. The van der Waals surface area contributed by atoms with E-state index in [1.807, 2.05) is 32.9 Å². The number of benzene rings is 1. The first-order valence-electron chi connectivity index (χ1n) is 4.18. The van der Waals surface area contributed by atoms with E-state index in [0.717, 1.165) is 11.3 Å². The van der Waals surface area contributed by atoms with E-state index in [-0.39, 0.29) is 0 Å². The van der Waals surface area contributed by atoms with Crippen LogP contribution in [0.5, 0.6) is 0 Å². The van der Waals surface area contributed by atoms with Gasteiger partial charge < -0.3 is 0 Å². The Labute approximate surface area is 73.4 Å². The molecule has 0 saturated carbocycles. The van der Waals surface area contributed by atoms with Crippen LogP contribution in [0.25, 0.3) is 0 Å². The lowest BCUT2D eigenvalue weighted by atomic mass is 10.1. The second-order valence-electron chi connectivity index (χ2n) is 3.01. The molecule has 0 radical (unpaired) electrons. The number of anilines is 1. The highest BCUT2D eigenvalue weighted by Gasteiger charge is 2.02. The van der Waals surface area contributed by atoms with Crippen LogP contribution in [0.3, 0.4) is 0 Å². The summed E-state index contributed by atoms with van der Waals surface area (Å²) in [5, 5.41) is 10.7. The number of aryl methyl sites for hydroxylation is 2. The lowest BCUT2D eigenvalue weighted by Gasteiger charge is -2.16. The first-order chi connectivity index (χ1) is 5.65. The molecule has 0 spiro atoms. The summed E-state index contributed by atoms with van der Waals surface area (Å²) in [5.41, 5.74) is 3.23. The molecule has 0 aromatic heterocycles. The second kappa shape index (κ2) is 3.59. The van der Waals surface area contributed by atoms with Gasteiger partial charge in [-0.25, -0.2) is 0 Å². The van der Waals surface area contributed by atoms with Gasteiger partial charge in [-0.05, 0) is 32.4 Å². The van der Waals surface area contributed by atoms with Crippen molar-refractivity contribution in [2.24, 2.45) is 0 Å². The van der Waals surface area contributed by atoms with Crippen LogP contribution in [0.2, 0.25) is 0 Å². The molecule has 0 aliphatic rings. The molecule has 12 heavy (non-hydrogen) atoms. The first kappa shape index (κ1) is 9.07. The topological polar surface area (TPSA) is 23.5 Å². The van der Waals surface area contributed by atoms with Crippen molar-refractivity contribution in [2.75, 3.05) is 11.6 Å². The van der Waals surface area contributed by atoms with Crippen molar-refractivity contribution >= 4 is 5.69 Å². The van der Waals surface area contributed by atoms with Crippen molar-refractivity contribution in [3.63, 3.8) is 0 Å². The maximum Gasteiger partial charge on any atom is 0.0663 e. The number of rotatable bonds is 2. The van der Waals surface area contributed by atoms with Crippen LogP contribution < -0.4 is 5.06 Å². The fourth-order valence-corrected chi connectivity index (χ4v) is 1.27. The predicted molar refractivity (Wildman–Crippen MR) is 50.7 cm³/mol. The molecular formula is C10H15NO. The fourth-order valence-electron chi connectivity index (χ4n) is 1.27. The molecule has 0 fully saturated rings. The molecular weight excluding hydrogens is 150 g/mol. The van der Waals surface area contributed by atoms with E-state index in [0.29, 0.717) is 6.54 Å². The van der Waals surface area contributed by atoms with Crippen LogP contribution in [0.1, 0.15) is 18.1 Å². The Morgan fingerprint density at radius 3 is 2.50 bits per heavy atom. The molecule has 66 valence electrons. The Balaban J connectivity index is 3.01. The Morgan fingerprint density at radius 1 is 1.33 bits per heavy atom. The van der Waals surface area contributed by atoms with Crippen molar-refractivity contribution in [2.45, 2.75) is 20.8 Å². The van der Waals surface area contributed by atoms with E-state index in [1.165, 1.54) is 10.6 Å². The van der Waals surface area contributed by atoms with Gasteiger partial charge in [0.05, 0.1) is 5.69 Å². The maximum absolute atomic E-state index is 9.43. The van der Waals surface area contributed by atoms with E-state index in [9.17, 15) is 5.21 Å². The third-order valence-corrected chi connectivity index (χ3v) is 1.93. The highest BCUT2D eigenvalue weighted by atomic mass is 16.5. The molecule has 0 saturated heterocycles. The third kappa shape index (κ3) is 1.77. The third-order valence-electron chi connectivity index (χ3n) is 1.93. The molecule has 0 heterocycles. The number of hydrogen-bond acceptors (Lipinski definition) is 2. The molecule has 0 bridgehead atoms. The average molecular weight is 165 g/mol. The minimum Gasteiger partial charge on any atom is -0.288 e. The van der Waals surface area contributed by atoms with Crippen LogP contribution in [0, 0.1) is 13.8 Å². The normalized spacial score (nSPS) is 10.0. The van der Waals surface area contributed by atoms with Gasteiger partial charge in [-0.15, -0.1) is 0 Å². The van der Waals surface area contributed by atoms with Gasteiger partial charge in [0.25, 0.3) is 0 Å². The summed E-state index contributed by atoms with van der Waals surface area (Å²) in [4.78, 5) is 0. The summed E-state index contributed by atoms with van der Waals surface area (Å²) in [6.07, 6.45) is 0. The zero-order valence-electron chi connectivity index (χ0n) is 7.83. The highest BCUT2D eigenvalue weighted by molar-refractivity contribution is 5.51. The van der Waals surface area contributed by atoms with Crippen LogP contribution >= 0.6 is 0 Å². The molecule has 1 N–H and O–H groups in total. The lowest BCUT2D eigenvalue weighted by Crippen LogP contribution is -2.17. The summed E-state index contributed by atoms with van der Waals surface area (Å²) in [5.74, 6) is 0. The molecule has 0 aliphatic heterocycles. The molecule has 1 rings (SSSR count). The van der Waals surface area contributed by atoms with Gasteiger partial charge in [0, 0.05) is 6.54 Å². The summed E-state index contributed by atoms with van der Waals surface area (Å²) in [6.45, 7) is 6.58. The molecule has 0 atom stereocenters. The van der Waals surface area contributed by atoms with Gasteiger partial charge in [-0.2, -0.15) is 0 Å². The van der Waals surface area contributed by atoms with Crippen molar-refractivity contribution in [1.82, 2.24) is 0 Å². The van der Waals surface area contributed by atoms with Crippen molar-refractivity contribution in [3.8, 4) is 0 Å². The monoisotopic (exact) mass is 165 g/mol. The fraction of sp³-hybridized carbons (Fsp3) is 0.400. The highest BCUT2D eigenvalue weighted by Crippen LogP contribution is 2.18. The smallest absolute Gasteiger partial charge is 0.0663 e. The molecule has 0 unspecified atom stereocenters. The Bertz CT molecular complexity index is 271. The van der Waals surface area contributed by atoms with Crippen LogP contribution in [0.4, 0.5) is 5.69 Å². The minimum absolute atomic E-state index is 0.615. The average Bonchev–Trinajstić information content (AvgIpc) is 2.03. The Morgan fingerprint density at radius 2 is 2.00 bits per heavy atom. The quantitative estimate of drug-likeness (QED) is 0.681. The van der Waals surface area contributed by atoms with Gasteiger partial charge in [-0.3, -0.25) is 10.3 Å². The maximum atomic E-state index is 9.43. The van der Waals surface area contributed by atoms with E-state index < -0.39 is 0 Å². The second-order valence-corrected chi connectivity index (χ2v) is 3.01. The molecule has 2 heteroatoms. The zero-order valence-corrected chi connectivity index (χ0v) is 7.83. The number of nitrogens with zero attached hydrogens (tertiary/aromatic N) is 1. The SMILES string of the molecule is CCN(O)c1ccc(C)cc1C. The standard InChI is InChI=1S/C10H15NO/c1-4-11(12)10-6-5-8(2)7-9(10)3/h5-7,12H,4H2,1-3H3. The van der Waals surface area contributed by atoms with E-state index in [1.54, 1.807) is 0 Å². The Kier molecular flexibility index (Phi) is 2.71. The minimum atomic E-state index is 0.615. The zero-order chi connectivity index (χ0) is 9.14. The molecule has 0 amide bonds. The largest absolute Gasteiger partial charge is 0.288 e. The van der Waals surface area contributed by atoms with Crippen LogP contribution in [0.15, 0.2) is 18.2 Å². The van der Waals surface area contributed by atoms with E-state index in [2.05, 4.69) is 6.07 Å². The van der Waals surface area contributed by atoms with Gasteiger partial charge in [0.1, 0.15) is 0 Å². The number of hydroxylamine groups is 1. The van der Waals surface area contributed by atoms with Crippen molar-refractivity contribution < 1.29 is 5.21 Å². The lowest BCUT2D eigenvalue weighted by molar-refractivity contribution is 0.259. The van der Waals surface area contributed by atoms with E-state index >= 15 is 0 Å². The summed E-state index contributed by atoms with van der Waals surface area (Å²) >= 11 is 0. The van der Waals surface area contributed by atoms with Crippen LogP contribution in [-0.4, -0.2) is 11.8 Å². The van der Waals surface area contributed by atoms with Crippen molar-refractivity contribution in [1.29, 1.82) is 0 Å². The molecule has 1 aromatic rings. The van der Waals surface area contributed by atoms with Gasteiger partial charge in [0.15, 0.2) is 0 Å². The van der Waals surface area contributed by atoms with Gasteiger partial charge in [-0.1, -0.05) is 17.7 Å². The Hall–Kier alpha value is -1.02. The number of hydrogen-bond donors (Lipinski definition) is 1. The molecule has 1 aromatic carbocycles. The summed E-state index contributed by atoms with van der Waals surface area (Å²) < 4.78 is 0.